The van der Waals surface area contributed by atoms with Crippen LogP contribution in [0.15, 0.2) is 12.5 Å². The van der Waals surface area contributed by atoms with Crippen LogP contribution < -0.4 is 11.1 Å². The van der Waals surface area contributed by atoms with Crippen molar-refractivity contribution in [1.82, 2.24) is 14.9 Å². The number of nitrogens with zero attached hydrogens (tertiary/aromatic N) is 2. The largest absolute Gasteiger partial charge is 0.376 e. The van der Waals surface area contributed by atoms with Gasteiger partial charge in [0.05, 0.1) is 19.0 Å². The number of hydrogen-bond acceptors (Lipinski definition) is 4. The minimum atomic E-state index is -0.161. The normalized spacial score (nSPS) is 15.8. The maximum absolute atomic E-state index is 11.8. The summed E-state index contributed by atoms with van der Waals surface area (Å²) in [5.74, 6) is -0.161. The zero-order valence-electron chi connectivity index (χ0n) is 11.2. The Bertz CT molecular complexity index is 399. The van der Waals surface area contributed by atoms with E-state index in [2.05, 4.69) is 10.3 Å². The molecule has 1 amide bonds. The Morgan fingerprint density at radius 3 is 3.05 bits per heavy atom. The van der Waals surface area contributed by atoms with Crippen molar-refractivity contribution in [1.29, 1.82) is 0 Å². The highest BCUT2D eigenvalue weighted by Gasteiger charge is 2.15. The lowest BCUT2D eigenvalue weighted by molar-refractivity contribution is 0.0581. The topological polar surface area (TPSA) is 82.2 Å². The number of carbonyl (C=O) groups excluding carboxylic acids is 1. The van der Waals surface area contributed by atoms with Crippen LogP contribution in [0, 0.1) is 0 Å². The Labute approximate surface area is 113 Å². The number of nitrogens with one attached hydrogen (secondary N) is 1. The molecule has 0 spiro atoms. The van der Waals surface area contributed by atoms with Gasteiger partial charge < -0.3 is 20.4 Å². The average molecular weight is 266 g/mol. The molecule has 3 N–H and O–H groups in total. The summed E-state index contributed by atoms with van der Waals surface area (Å²) in [5.41, 5.74) is 5.86. The Morgan fingerprint density at radius 1 is 1.53 bits per heavy atom. The monoisotopic (exact) mass is 266 g/mol. The van der Waals surface area contributed by atoms with E-state index in [9.17, 15) is 4.79 Å². The van der Waals surface area contributed by atoms with E-state index in [0.717, 1.165) is 12.8 Å². The second-order valence-electron chi connectivity index (χ2n) is 4.82. The highest BCUT2D eigenvalue weighted by molar-refractivity contribution is 5.91. The Hall–Kier alpha value is -1.40. The van der Waals surface area contributed by atoms with E-state index >= 15 is 0 Å². The lowest BCUT2D eigenvalue weighted by atomic mass is 10.3. The molecule has 0 unspecified atom stereocenters. The summed E-state index contributed by atoms with van der Waals surface area (Å²) in [4.78, 5) is 15.8. The number of aromatic nitrogens is 2. The van der Waals surface area contributed by atoms with Crippen LogP contribution in [0.4, 0.5) is 0 Å². The molecule has 1 aliphatic rings. The molecule has 6 heteroatoms. The van der Waals surface area contributed by atoms with Crippen LogP contribution in [0.2, 0.25) is 0 Å². The molecule has 1 aliphatic carbocycles. The van der Waals surface area contributed by atoms with Gasteiger partial charge in [-0.3, -0.25) is 4.79 Å². The Morgan fingerprint density at radius 2 is 2.32 bits per heavy atom. The zero-order valence-corrected chi connectivity index (χ0v) is 11.2. The summed E-state index contributed by atoms with van der Waals surface area (Å²) in [7, 11) is 0. The molecule has 2 rings (SSSR count). The third-order valence-corrected chi connectivity index (χ3v) is 3.30. The summed E-state index contributed by atoms with van der Waals surface area (Å²) < 4.78 is 7.49. The van der Waals surface area contributed by atoms with Gasteiger partial charge in [0.1, 0.15) is 5.69 Å². The molecule has 6 nitrogen and oxygen atoms in total. The van der Waals surface area contributed by atoms with Crippen LogP contribution in [0.5, 0.6) is 0 Å². The number of rotatable bonds is 7. The zero-order chi connectivity index (χ0) is 13.5. The van der Waals surface area contributed by atoms with Gasteiger partial charge in [0.25, 0.3) is 5.91 Å². The van der Waals surface area contributed by atoms with Crippen molar-refractivity contribution in [2.75, 3.05) is 19.7 Å². The molecule has 0 aliphatic heterocycles. The van der Waals surface area contributed by atoms with Crippen molar-refractivity contribution < 1.29 is 9.53 Å². The van der Waals surface area contributed by atoms with E-state index in [1.165, 1.54) is 12.8 Å². The minimum absolute atomic E-state index is 0.161. The molecule has 1 fully saturated rings. The maximum atomic E-state index is 11.8. The van der Waals surface area contributed by atoms with Crippen molar-refractivity contribution >= 4 is 5.91 Å². The first-order valence-corrected chi connectivity index (χ1v) is 6.91. The molecule has 0 atom stereocenters. The number of nitrogens with two attached hydrogens (primary N) is 1. The second-order valence-corrected chi connectivity index (χ2v) is 4.82. The fraction of sp³-hybridized carbons (Fsp3) is 0.692. The average Bonchev–Trinajstić information content (AvgIpc) is 3.06. The van der Waals surface area contributed by atoms with E-state index in [0.29, 0.717) is 38.0 Å². The molecule has 1 saturated carbocycles. The quantitative estimate of drug-likeness (QED) is 0.705. The van der Waals surface area contributed by atoms with E-state index in [-0.39, 0.29) is 5.91 Å². The smallest absolute Gasteiger partial charge is 0.271 e. The number of hydrogen-bond donors (Lipinski definition) is 2. The Balaban J connectivity index is 1.65. The molecule has 0 saturated heterocycles. The SMILES string of the molecule is NCCn1cnc(C(=O)NCCOC2CCCC2)c1. The maximum Gasteiger partial charge on any atom is 0.271 e. The van der Waals surface area contributed by atoms with Gasteiger partial charge in [-0.25, -0.2) is 4.98 Å². The number of amides is 1. The predicted octanol–water partition coefficient (Wildman–Crippen LogP) is 0.531. The van der Waals surface area contributed by atoms with E-state index in [1.807, 2.05) is 4.57 Å². The van der Waals surface area contributed by atoms with Gasteiger partial charge >= 0.3 is 0 Å². The van der Waals surface area contributed by atoms with Gasteiger partial charge in [0, 0.05) is 25.8 Å². The van der Waals surface area contributed by atoms with Crippen molar-refractivity contribution in [3.05, 3.63) is 18.2 Å². The molecule has 0 radical (unpaired) electrons. The standard InChI is InChI=1S/C13H22N4O2/c14-5-7-17-9-12(16-10-17)13(18)15-6-8-19-11-3-1-2-4-11/h9-11H,1-8,14H2,(H,15,18). The molecule has 106 valence electrons. The highest BCUT2D eigenvalue weighted by Crippen LogP contribution is 2.20. The third kappa shape index (κ3) is 4.33. The molecule has 19 heavy (non-hydrogen) atoms. The van der Waals surface area contributed by atoms with Gasteiger partial charge in [-0.15, -0.1) is 0 Å². The molecular formula is C13H22N4O2. The molecule has 1 heterocycles. The second kappa shape index (κ2) is 7.25. The van der Waals surface area contributed by atoms with Crippen LogP contribution >= 0.6 is 0 Å². The van der Waals surface area contributed by atoms with Gasteiger partial charge in [0.15, 0.2) is 0 Å². The summed E-state index contributed by atoms with van der Waals surface area (Å²) in [5, 5.41) is 2.81. The minimum Gasteiger partial charge on any atom is -0.376 e. The summed E-state index contributed by atoms with van der Waals surface area (Å²) >= 11 is 0. The lowest BCUT2D eigenvalue weighted by Crippen LogP contribution is -2.28. The van der Waals surface area contributed by atoms with E-state index in [1.54, 1.807) is 12.5 Å². The molecule has 1 aromatic heterocycles. The first-order chi connectivity index (χ1) is 9.29. The van der Waals surface area contributed by atoms with Crippen molar-refractivity contribution in [2.24, 2.45) is 5.73 Å². The predicted molar refractivity (Wildman–Crippen MR) is 71.8 cm³/mol. The third-order valence-electron chi connectivity index (χ3n) is 3.30. The Kier molecular flexibility index (Phi) is 5.35. The van der Waals surface area contributed by atoms with E-state index < -0.39 is 0 Å². The van der Waals surface area contributed by atoms with Crippen molar-refractivity contribution in [3.63, 3.8) is 0 Å². The summed E-state index contributed by atoms with van der Waals surface area (Å²) in [6, 6.07) is 0. The number of carbonyl (C=O) groups is 1. The van der Waals surface area contributed by atoms with Crippen molar-refractivity contribution in [2.45, 2.75) is 38.3 Å². The summed E-state index contributed by atoms with van der Waals surface area (Å²) in [6.45, 7) is 2.30. The van der Waals surface area contributed by atoms with Gasteiger partial charge in [-0.1, -0.05) is 12.8 Å². The number of ether oxygens (including phenoxy) is 1. The first kappa shape index (κ1) is 14.0. The van der Waals surface area contributed by atoms with Crippen LogP contribution in [-0.4, -0.2) is 41.3 Å². The summed E-state index contributed by atoms with van der Waals surface area (Å²) in [6.07, 6.45) is 8.54. The fourth-order valence-electron chi connectivity index (χ4n) is 2.28. The van der Waals surface area contributed by atoms with Crippen LogP contribution in [0.25, 0.3) is 0 Å². The van der Waals surface area contributed by atoms with E-state index in [4.69, 9.17) is 10.5 Å². The molecular weight excluding hydrogens is 244 g/mol. The van der Waals surface area contributed by atoms with Gasteiger partial charge in [0.2, 0.25) is 0 Å². The van der Waals surface area contributed by atoms with Gasteiger partial charge in [-0.05, 0) is 12.8 Å². The lowest BCUT2D eigenvalue weighted by Gasteiger charge is -2.10. The van der Waals surface area contributed by atoms with Crippen LogP contribution in [0.1, 0.15) is 36.2 Å². The number of imidazole rings is 1. The fourth-order valence-corrected chi connectivity index (χ4v) is 2.28. The highest BCUT2D eigenvalue weighted by atomic mass is 16.5. The van der Waals surface area contributed by atoms with Crippen molar-refractivity contribution in [3.8, 4) is 0 Å². The van der Waals surface area contributed by atoms with Crippen LogP contribution in [-0.2, 0) is 11.3 Å². The molecule has 1 aromatic rings. The molecule has 0 bridgehead atoms. The first-order valence-electron chi connectivity index (χ1n) is 6.91. The van der Waals surface area contributed by atoms with Crippen LogP contribution in [0.3, 0.4) is 0 Å². The molecule has 0 aromatic carbocycles. The van der Waals surface area contributed by atoms with Gasteiger partial charge in [-0.2, -0.15) is 0 Å².